The minimum atomic E-state index is -0.555. The molecule has 0 aliphatic rings. The average molecular weight is 508 g/mol. The Morgan fingerprint density at radius 1 is 1.17 bits per heavy atom. The molecule has 0 fully saturated rings. The molecule has 0 saturated heterocycles. The van der Waals surface area contributed by atoms with Crippen molar-refractivity contribution >= 4 is 34.2 Å². The number of thiophene rings is 1. The number of anilines is 1. The van der Waals surface area contributed by atoms with Crippen molar-refractivity contribution in [3.63, 3.8) is 0 Å². The minimum Gasteiger partial charge on any atom is -0.315 e. The van der Waals surface area contributed by atoms with Crippen LogP contribution in [0.2, 0.25) is 0 Å². The molecule has 13 nitrogen and oxygen atoms in total. The highest BCUT2D eigenvalue weighted by Gasteiger charge is 2.19. The van der Waals surface area contributed by atoms with Gasteiger partial charge in [-0.15, -0.1) is 11.3 Å². The van der Waals surface area contributed by atoms with Crippen LogP contribution in [-0.4, -0.2) is 44.3 Å². The second-order valence-corrected chi connectivity index (χ2v) is 9.15. The molecule has 5 heterocycles. The third kappa shape index (κ3) is 3.76. The van der Waals surface area contributed by atoms with Gasteiger partial charge in [0.25, 0.3) is 11.1 Å². The molecule has 0 aliphatic heterocycles. The van der Waals surface area contributed by atoms with Gasteiger partial charge >= 0.3 is 5.69 Å². The number of hydrogen-bond acceptors (Lipinski definition) is 8. The number of aromatic nitrogens is 8. The molecule has 0 unspecified atom stereocenters. The van der Waals surface area contributed by atoms with E-state index < -0.39 is 17.2 Å². The molecule has 0 radical (unpaired) electrons. The molecule has 5 aromatic rings. The van der Waals surface area contributed by atoms with Crippen molar-refractivity contribution in [1.29, 1.82) is 0 Å². The fourth-order valence-electron chi connectivity index (χ4n) is 3.76. The highest BCUT2D eigenvalue weighted by atomic mass is 32.1. The molecule has 0 atom stereocenters. The molecule has 1 amide bonds. The highest BCUT2D eigenvalue weighted by molar-refractivity contribution is 7.13. The van der Waals surface area contributed by atoms with E-state index in [2.05, 4.69) is 25.4 Å². The molecule has 2 N–H and O–H groups in total. The number of imidazole rings is 1. The van der Waals surface area contributed by atoms with Gasteiger partial charge in [-0.1, -0.05) is 6.07 Å². The maximum Gasteiger partial charge on any atom is 0.332 e. The molecule has 0 saturated carbocycles. The molecular weight excluding hydrogens is 486 g/mol. The van der Waals surface area contributed by atoms with Crippen molar-refractivity contribution in [2.45, 2.75) is 20.4 Å². The Morgan fingerprint density at radius 3 is 2.64 bits per heavy atom. The smallest absolute Gasteiger partial charge is 0.315 e. The number of fused-ring (bicyclic) bond motifs is 1. The van der Waals surface area contributed by atoms with Gasteiger partial charge in [0.1, 0.15) is 18.1 Å². The van der Waals surface area contributed by atoms with E-state index in [-0.39, 0.29) is 35.0 Å². The predicted molar refractivity (Wildman–Crippen MR) is 134 cm³/mol. The Labute approximate surface area is 206 Å². The van der Waals surface area contributed by atoms with Gasteiger partial charge < -0.3 is 9.88 Å². The quantitative estimate of drug-likeness (QED) is 0.355. The van der Waals surface area contributed by atoms with Crippen LogP contribution in [0.15, 0.2) is 44.3 Å². The van der Waals surface area contributed by atoms with Gasteiger partial charge in [-0.25, -0.2) is 14.8 Å². The first-order valence-electron chi connectivity index (χ1n) is 10.8. The predicted octanol–water partition coefficient (Wildman–Crippen LogP) is 0.687. The van der Waals surface area contributed by atoms with Crippen molar-refractivity contribution in [2.75, 3.05) is 5.32 Å². The molecule has 0 spiro atoms. The summed E-state index contributed by atoms with van der Waals surface area (Å²) in [7, 11) is 2.87. The van der Waals surface area contributed by atoms with Crippen molar-refractivity contribution in [3.8, 4) is 16.5 Å². The first-order chi connectivity index (χ1) is 17.2. The van der Waals surface area contributed by atoms with Crippen LogP contribution in [0.25, 0.3) is 27.7 Å². The topological polar surface area (TPSA) is 154 Å². The van der Waals surface area contributed by atoms with Crippen LogP contribution in [0.1, 0.15) is 11.3 Å². The Kier molecular flexibility index (Phi) is 5.51. The SMILES string of the molecule is Cc1nc(-n2nc(-c3cccs3)cc2NC(=O)Cn2cnc3c2c(=O)n(C)c(=O)n3C)[nH]c(=O)c1C. The Hall–Kier alpha value is -4.59. The summed E-state index contributed by atoms with van der Waals surface area (Å²) in [4.78, 5) is 62.4. The summed E-state index contributed by atoms with van der Waals surface area (Å²) in [5.74, 6) is -0.0482. The Morgan fingerprint density at radius 2 is 1.94 bits per heavy atom. The van der Waals surface area contributed by atoms with E-state index in [1.165, 1.54) is 45.6 Å². The van der Waals surface area contributed by atoms with Crippen LogP contribution >= 0.6 is 11.3 Å². The van der Waals surface area contributed by atoms with Crippen molar-refractivity contribution < 1.29 is 4.79 Å². The number of aromatic amines is 1. The molecule has 5 aromatic heterocycles. The zero-order valence-electron chi connectivity index (χ0n) is 19.8. The second-order valence-electron chi connectivity index (χ2n) is 8.20. The highest BCUT2D eigenvalue weighted by Crippen LogP contribution is 2.27. The van der Waals surface area contributed by atoms with Gasteiger partial charge in [0.2, 0.25) is 11.9 Å². The largest absolute Gasteiger partial charge is 0.332 e. The van der Waals surface area contributed by atoms with E-state index in [0.29, 0.717) is 17.0 Å². The zero-order chi connectivity index (χ0) is 25.7. The molecule has 36 heavy (non-hydrogen) atoms. The lowest BCUT2D eigenvalue weighted by Gasteiger charge is -2.10. The van der Waals surface area contributed by atoms with Crippen LogP contribution in [-0.2, 0) is 25.4 Å². The molecule has 0 aliphatic carbocycles. The lowest BCUT2D eigenvalue weighted by Crippen LogP contribution is -2.37. The summed E-state index contributed by atoms with van der Waals surface area (Å²) in [6.45, 7) is 3.14. The van der Waals surface area contributed by atoms with Crippen LogP contribution in [0, 0.1) is 13.8 Å². The second kappa shape index (κ2) is 8.57. The number of hydrogen-bond donors (Lipinski definition) is 2. The number of carbonyl (C=O) groups is 1. The first-order valence-corrected chi connectivity index (χ1v) is 11.7. The molecule has 0 aromatic carbocycles. The van der Waals surface area contributed by atoms with Crippen molar-refractivity contribution in [1.82, 2.24) is 38.4 Å². The summed E-state index contributed by atoms with van der Waals surface area (Å²) in [5, 5.41) is 9.24. The monoisotopic (exact) mass is 507 g/mol. The molecule has 5 rings (SSSR count). The maximum atomic E-state index is 13.1. The van der Waals surface area contributed by atoms with Gasteiger partial charge in [-0.05, 0) is 25.3 Å². The maximum absolute atomic E-state index is 13.1. The normalized spacial score (nSPS) is 11.3. The first kappa shape index (κ1) is 23.2. The van der Waals surface area contributed by atoms with E-state index in [9.17, 15) is 19.2 Å². The molecule has 0 bridgehead atoms. The number of H-pyrrole nitrogens is 1. The summed E-state index contributed by atoms with van der Waals surface area (Å²) >= 11 is 1.47. The lowest BCUT2D eigenvalue weighted by molar-refractivity contribution is -0.116. The molecule has 14 heteroatoms. The van der Waals surface area contributed by atoms with E-state index in [1.54, 1.807) is 19.9 Å². The summed E-state index contributed by atoms with van der Waals surface area (Å²) < 4.78 is 4.94. The van der Waals surface area contributed by atoms with Crippen LogP contribution in [0.5, 0.6) is 0 Å². The van der Waals surface area contributed by atoms with E-state index in [1.807, 2.05) is 17.5 Å². The van der Waals surface area contributed by atoms with Crippen LogP contribution in [0.4, 0.5) is 5.82 Å². The van der Waals surface area contributed by atoms with Gasteiger partial charge in [0.15, 0.2) is 11.2 Å². The van der Waals surface area contributed by atoms with Gasteiger partial charge in [-0.3, -0.25) is 28.5 Å². The van der Waals surface area contributed by atoms with Crippen molar-refractivity contribution in [2.24, 2.45) is 14.1 Å². The summed E-state index contributed by atoms with van der Waals surface area (Å²) in [5.41, 5.74) is 0.527. The Bertz CT molecular complexity index is 1820. The standard InChI is InChI=1S/C22H21N9O4S/c1-11-12(2)24-21(26-19(11)33)31-15(8-13(27-31)14-6-5-7-36-14)25-16(32)9-30-10-23-18-17(30)20(34)29(4)22(35)28(18)3/h5-8,10H,9H2,1-4H3,(H,25,32)(H,24,26,33). The van der Waals surface area contributed by atoms with E-state index in [0.717, 1.165) is 9.44 Å². The molecular formula is C22H21N9O4S. The minimum absolute atomic E-state index is 0.127. The lowest BCUT2D eigenvalue weighted by atomic mass is 10.3. The van der Waals surface area contributed by atoms with Crippen molar-refractivity contribution in [3.05, 3.63) is 72.4 Å². The van der Waals surface area contributed by atoms with Crippen LogP contribution < -0.4 is 22.1 Å². The zero-order valence-corrected chi connectivity index (χ0v) is 20.6. The summed E-state index contributed by atoms with van der Waals surface area (Å²) in [6.07, 6.45) is 1.34. The van der Waals surface area contributed by atoms with E-state index in [4.69, 9.17) is 0 Å². The number of aryl methyl sites for hydroxylation is 2. The third-order valence-corrected chi connectivity index (χ3v) is 6.76. The number of nitrogens with zero attached hydrogens (tertiary/aromatic N) is 7. The number of amides is 1. The molecule has 184 valence electrons. The number of rotatable bonds is 5. The van der Waals surface area contributed by atoms with Gasteiger partial charge in [0, 0.05) is 31.4 Å². The Balaban J connectivity index is 1.54. The number of carbonyl (C=O) groups excluding carboxylic acids is 1. The van der Waals surface area contributed by atoms with Gasteiger partial charge in [0.05, 0.1) is 11.2 Å². The number of nitrogens with one attached hydrogen (secondary N) is 2. The van der Waals surface area contributed by atoms with Crippen LogP contribution in [0.3, 0.4) is 0 Å². The van der Waals surface area contributed by atoms with E-state index >= 15 is 0 Å². The summed E-state index contributed by atoms with van der Waals surface area (Å²) in [6, 6.07) is 5.44. The fourth-order valence-corrected chi connectivity index (χ4v) is 4.44. The third-order valence-electron chi connectivity index (χ3n) is 5.86. The fraction of sp³-hybridized carbons (Fsp3) is 0.227. The van der Waals surface area contributed by atoms with Gasteiger partial charge in [-0.2, -0.15) is 9.78 Å². The average Bonchev–Trinajstić information content (AvgIpc) is 3.59.